The summed E-state index contributed by atoms with van der Waals surface area (Å²) < 4.78 is 23.9. The van der Waals surface area contributed by atoms with E-state index in [1.54, 1.807) is 13.0 Å². The molecule has 0 fully saturated rings. The van der Waals surface area contributed by atoms with Gasteiger partial charge in [-0.3, -0.25) is 14.8 Å². The van der Waals surface area contributed by atoms with E-state index >= 15 is 0 Å². The van der Waals surface area contributed by atoms with Crippen LogP contribution >= 0.6 is 0 Å². The molecule has 15 heavy (non-hydrogen) atoms. The third kappa shape index (κ3) is 3.21. The van der Waals surface area contributed by atoms with Crippen LogP contribution in [0.1, 0.15) is 5.56 Å². The van der Waals surface area contributed by atoms with Crippen molar-refractivity contribution in [2.45, 2.75) is 6.92 Å². The van der Waals surface area contributed by atoms with Gasteiger partial charge in [-0.15, -0.1) is 0 Å². The monoisotopic (exact) mass is 230 g/mol. The average Bonchev–Trinajstić information content (AvgIpc) is 2.05. The van der Waals surface area contributed by atoms with Crippen LogP contribution in [0.25, 0.3) is 0 Å². The lowest BCUT2D eigenvalue weighted by Crippen LogP contribution is -2.11. The van der Waals surface area contributed by atoms with Gasteiger partial charge in [0.1, 0.15) is 5.69 Å². The molecular formula is C8H10N2O4S. The quantitative estimate of drug-likeness (QED) is 0.625. The molecular weight excluding hydrogens is 220 g/mol. The van der Waals surface area contributed by atoms with Gasteiger partial charge >= 0.3 is 0 Å². The summed E-state index contributed by atoms with van der Waals surface area (Å²) in [6.45, 7) is 1.69. The molecule has 0 heterocycles. The van der Waals surface area contributed by atoms with Gasteiger partial charge in [-0.25, -0.2) is 8.42 Å². The third-order valence-electron chi connectivity index (χ3n) is 1.65. The van der Waals surface area contributed by atoms with Gasteiger partial charge in [0.2, 0.25) is 10.0 Å². The van der Waals surface area contributed by atoms with Crippen LogP contribution in [0.3, 0.4) is 0 Å². The van der Waals surface area contributed by atoms with E-state index in [1.165, 1.54) is 12.1 Å². The van der Waals surface area contributed by atoms with Crippen LogP contribution < -0.4 is 4.72 Å². The fourth-order valence-corrected chi connectivity index (χ4v) is 1.65. The molecule has 7 heteroatoms. The fourth-order valence-electron chi connectivity index (χ4n) is 1.08. The lowest BCUT2D eigenvalue weighted by molar-refractivity contribution is -0.383. The van der Waals surface area contributed by atoms with Crippen molar-refractivity contribution in [1.29, 1.82) is 0 Å². The molecule has 0 saturated carbocycles. The Morgan fingerprint density at radius 2 is 2.00 bits per heavy atom. The van der Waals surface area contributed by atoms with E-state index in [0.717, 1.165) is 6.26 Å². The van der Waals surface area contributed by atoms with Crippen molar-refractivity contribution < 1.29 is 13.3 Å². The molecule has 0 spiro atoms. The van der Waals surface area contributed by atoms with Crippen molar-refractivity contribution in [3.8, 4) is 0 Å². The molecule has 0 aliphatic rings. The molecule has 0 aliphatic heterocycles. The molecule has 0 saturated heterocycles. The zero-order chi connectivity index (χ0) is 11.6. The highest BCUT2D eigenvalue weighted by Gasteiger charge is 2.16. The largest absolute Gasteiger partial charge is 0.293 e. The lowest BCUT2D eigenvalue weighted by atomic mass is 10.2. The fraction of sp³-hybridized carbons (Fsp3) is 0.250. The third-order valence-corrected chi connectivity index (χ3v) is 2.24. The van der Waals surface area contributed by atoms with Gasteiger partial charge in [-0.2, -0.15) is 0 Å². The molecule has 0 atom stereocenters. The normalized spacial score (nSPS) is 11.1. The second-order valence-corrected chi connectivity index (χ2v) is 4.90. The minimum atomic E-state index is -3.50. The molecule has 0 aromatic heterocycles. The highest BCUT2D eigenvalue weighted by molar-refractivity contribution is 7.92. The van der Waals surface area contributed by atoms with Gasteiger partial charge in [0.25, 0.3) is 5.69 Å². The van der Waals surface area contributed by atoms with Crippen LogP contribution in [0.15, 0.2) is 18.2 Å². The first kappa shape index (κ1) is 11.4. The Hall–Kier alpha value is -1.63. The maximum Gasteiger partial charge on any atom is 0.293 e. The summed E-state index contributed by atoms with van der Waals surface area (Å²) in [5.74, 6) is 0. The molecule has 1 N–H and O–H groups in total. The first-order chi connectivity index (χ1) is 6.79. The Kier molecular flexibility index (Phi) is 2.94. The van der Waals surface area contributed by atoms with Crippen LogP contribution in [0, 0.1) is 17.0 Å². The number of nitro groups is 1. The number of nitro benzene ring substituents is 1. The maximum absolute atomic E-state index is 10.9. The predicted molar refractivity (Wildman–Crippen MR) is 56.3 cm³/mol. The summed E-state index contributed by atoms with van der Waals surface area (Å²) in [6.07, 6.45) is 0.941. The minimum absolute atomic E-state index is 0.0203. The molecule has 0 aliphatic carbocycles. The van der Waals surface area contributed by atoms with Gasteiger partial charge < -0.3 is 0 Å². The van der Waals surface area contributed by atoms with Gasteiger partial charge in [-0.05, 0) is 18.6 Å². The summed E-state index contributed by atoms with van der Waals surface area (Å²) >= 11 is 0. The molecule has 0 radical (unpaired) electrons. The number of nitrogens with zero attached hydrogens (tertiary/aromatic N) is 1. The van der Waals surface area contributed by atoms with Crippen LogP contribution in [0.4, 0.5) is 11.4 Å². The van der Waals surface area contributed by atoms with E-state index in [9.17, 15) is 18.5 Å². The van der Waals surface area contributed by atoms with E-state index in [4.69, 9.17) is 0 Å². The summed E-state index contributed by atoms with van der Waals surface area (Å²) in [4.78, 5) is 10.0. The number of sulfonamides is 1. The van der Waals surface area contributed by atoms with E-state index < -0.39 is 14.9 Å². The first-order valence-corrected chi connectivity index (χ1v) is 5.91. The van der Waals surface area contributed by atoms with Crippen molar-refractivity contribution >= 4 is 21.4 Å². The molecule has 6 nitrogen and oxygen atoms in total. The lowest BCUT2D eigenvalue weighted by Gasteiger charge is -2.04. The SMILES string of the molecule is Cc1ccc(NS(C)(=O)=O)c([N+](=O)[O-])c1. The standard InChI is InChI=1S/C8H10N2O4S/c1-6-3-4-7(9-15(2,13)14)8(5-6)10(11)12/h3-5,9H,1-2H3. The van der Waals surface area contributed by atoms with Crippen molar-refractivity contribution in [2.24, 2.45) is 0 Å². The second-order valence-electron chi connectivity index (χ2n) is 3.15. The highest BCUT2D eigenvalue weighted by atomic mass is 32.2. The molecule has 0 amide bonds. The summed E-state index contributed by atoms with van der Waals surface area (Å²) in [7, 11) is -3.50. The Balaban J connectivity index is 3.24. The van der Waals surface area contributed by atoms with Gasteiger partial charge in [-0.1, -0.05) is 6.07 Å². The summed E-state index contributed by atoms with van der Waals surface area (Å²) in [5.41, 5.74) is 0.425. The number of aryl methyl sites for hydroxylation is 1. The van der Waals surface area contributed by atoms with E-state index in [1.807, 2.05) is 0 Å². The van der Waals surface area contributed by atoms with E-state index in [-0.39, 0.29) is 11.4 Å². The minimum Gasteiger partial charge on any atom is -0.277 e. The average molecular weight is 230 g/mol. The van der Waals surface area contributed by atoms with Crippen molar-refractivity contribution in [2.75, 3.05) is 11.0 Å². The Morgan fingerprint density at radius 1 is 1.40 bits per heavy atom. The smallest absolute Gasteiger partial charge is 0.277 e. The van der Waals surface area contributed by atoms with Gasteiger partial charge in [0, 0.05) is 6.07 Å². The number of anilines is 1. The number of rotatable bonds is 3. The van der Waals surface area contributed by atoms with Crippen LogP contribution in [0.5, 0.6) is 0 Å². The topological polar surface area (TPSA) is 89.3 Å². The van der Waals surface area contributed by atoms with Gasteiger partial charge in [0.05, 0.1) is 11.2 Å². The molecule has 0 bridgehead atoms. The Morgan fingerprint density at radius 3 is 2.47 bits per heavy atom. The molecule has 1 rings (SSSR count). The molecule has 0 unspecified atom stereocenters. The summed E-state index contributed by atoms with van der Waals surface area (Å²) in [6, 6.07) is 4.28. The van der Waals surface area contributed by atoms with Crippen LogP contribution in [-0.4, -0.2) is 19.6 Å². The number of hydrogen-bond acceptors (Lipinski definition) is 4. The summed E-state index contributed by atoms with van der Waals surface area (Å²) in [5, 5.41) is 10.6. The zero-order valence-electron chi connectivity index (χ0n) is 8.22. The molecule has 82 valence electrons. The first-order valence-electron chi connectivity index (χ1n) is 4.02. The van der Waals surface area contributed by atoms with E-state index in [2.05, 4.69) is 4.72 Å². The van der Waals surface area contributed by atoms with E-state index in [0.29, 0.717) is 5.56 Å². The van der Waals surface area contributed by atoms with Gasteiger partial charge in [0.15, 0.2) is 0 Å². The Bertz CT molecular complexity index is 495. The highest BCUT2D eigenvalue weighted by Crippen LogP contribution is 2.25. The predicted octanol–water partition coefficient (Wildman–Crippen LogP) is 1.27. The van der Waals surface area contributed by atoms with Crippen molar-refractivity contribution in [1.82, 2.24) is 0 Å². The Labute approximate surface area is 87.1 Å². The van der Waals surface area contributed by atoms with Crippen LogP contribution in [0.2, 0.25) is 0 Å². The number of benzene rings is 1. The maximum atomic E-state index is 10.9. The molecule has 1 aromatic rings. The van der Waals surface area contributed by atoms with Crippen molar-refractivity contribution in [3.63, 3.8) is 0 Å². The van der Waals surface area contributed by atoms with Crippen molar-refractivity contribution in [3.05, 3.63) is 33.9 Å². The zero-order valence-corrected chi connectivity index (χ0v) is 9.04. The number of hydrogen-bond donors (Lipinski definition) is 1. The second kappa shape index (κ2) is 3.85. The van der Waals surface area contributed by atoms with Crippen LogP contribution in [-0.2, 0) is 10.0 Å². The molecule has 1 aromatic carbocycles. The number of nitrogens with one attached hydrogen (secondary N) is 1.